The highest BCUT2D eigenvalue weighted by Gasteiger charge is 2.33. The van der Waals surface area contributed by atoms with Crippen LogP contribution in [0.4, 0.5) is 0 Å². The molecule has 3 aromatic rings. The van der Waals surface area contributed by atoms with E-state index in [1.165, 1.54) is 11.3 Å². The molecule has 0 bridgehead atoms. The molecule has 0 saturated carbocycles. The molecule has 1 aliphatic rings. The Balaban J connectivity index is 1.95. The maximum Gasteiger partial charge on any atom is 0.338 e. The molecule has 0 fully saturated rings. The number of carbonyl (C=O) groups is 1. The predicted molar refractivity (Wildman–Crippen MR) is 120 cm³/mol. The summed E-state index contributed by atoms with van der Waals surface area (Å²) in [7, 11) is 1.59. The second-order valence-electron chi connectivity index (χ2n) is 6.99. The Labute approximate surface area is 183 Å². The van der Waals surface area contributed by atoms with Crippen molar-refractivity contribution < 1.29 is 14.3 Å². The second-order valence-corrected chi connectivity index (χ2v) is 8.00. The van der Waals surface area contributed by atoms with Gasteiger partial charge < -0.3 is 9.47 Å². The second kappa shape index (κ2) is 8.73. The van der Waals surface area contributed by atoms with Gasteiger partial charge in [-0.05, 0) is 43.2 Å². The number of hydrogen-bond acceptors (Lipinski definition) is 6. The third-order valence-electron chi connectivity index (χ3n) is 5.05. The number of ether oxygens (including phenoxy) is 2. The van der Waals surface area contributed by atoms with Gasteiger partial charge in [-0.1, -0.05) is 53.8 Å². The van der Waals surface area contributed by atoms with Crippen LogP contribution in [0.1, 0.15) is 31.0 Å². The molecule has 2 heterocycles. The SMILES string of the molecule is CCOC(=O)C1=C(C)N=c2s/c(=C\c3ccccc3)c(=O)n2[C@H]1c1ccc(OC)cc1. The molecule has 0 radical (unpaired) electrons. The third-order valence-corrected chi connectivity index (χ3v) is 6.03. The topological polar surface area (TPSA) is 69.9 Å². The minimum absolute atomic E-state index is 0.192. The van der Waals surface area contributed by atoms with Gasteiger partial charge in [-0.2, -0.15) is 0 Å². The maximum absolute atomic E-state index is 13.4. The number of thiazole rings is 1. The Morgan fingerprint density at radius 1 is 1.16 bits per heavy atom. The van der Waals surface area contributed by atoms with Crippen LogP contribution < -0.4 is 19.6 Å². The van der Waals surface area contributed by atoms with E-state index in [0.29, 0.717) is 26.4 Å². The molecule has 2 aromatic carbocycles. The average Bonchev–Trinajstić information content (AvgIpc) is 3.08. The molecule has 1 aliphatic heterocycles. The van der Waals surface area contributed by atoms with E-state index in [0.717, 1.165) is 11.1 Å². The molecular weight excluding hydrogens is 412 g/mol. The van der Waals surface area contributed by atoms with Crippen LogP contribution in [0.2, 0.25) is 0 Å². The van der Waals surface area contributed by atoms with Crippen molar-refractivity contribution in [2.45, 2.75) is 19.9 Å². The number of allylic oxidation sites excluding steroid dienone is 1. The first-order valence-electron chi connectivity index (χ1n) is 9.92. The molecule has 4 rings (SSSR count). The number of hydrogen-bond donors (Lipinski definition) is 0. The van der Waals surface area contributed by atoms with Crippen LogP contribution in [-0.2, 0) is 9.53 Å². The summed E-state index contributed by atoms with van der Waals surface area (Å²) >= 11 is 1.31. The van der Waals surface area contributed by atoms with Crippen molar-refractivity contribution in [1.29, 1.82) is 0 Å². The first kappa shape index (κ1) is 20.8. The number of esters is 1. The van der Waals surface area contributed by atoms with Gasteiger partial charge in [-0.15, -0.1) is 0 Å². The van der Waals surface area contributed by atoms with Crippen molar-refractivity contribution in [2.24, 2.45) is 4.99 Å². The van der Waals surface area contributed by atoms with Crippen LogP contribution in [0.15, 0.2) is 75.7 Å². The number of rotatable bonds is 5. The molecule has 0 saturated heterocycles. The maximum atomic E-state index is 13.4. The Hall–Kier alpha value is -3.45. The van der Waals surface area contributed by atoms with Crippen LogP contribution in [0.25, 0.3) is 6.08 Å². The van der Waals surface area contributed by atoms with Gasteiger partial charge in [-0.3, -0.25) is 9.36 Å². The lowest BCUT2D eigenvalue weighted by molar-refractivity contribution is -0.139. The minimum Gasteiger partial charge on any atom is -0.497 e. The average molecular weight is 435 g/mol. The molecule has 158 valence electrons. The summed E-state index contributed by atoms with van der Waals surface area (Å²) in [6, 6.07) is 16.4. The van der Waals surface area contributed by atoms with Gasteiger partial charge in [0.1, 0.15) is 5.75 Å². The summed E-state index contributed by atoms with van der Waals surface area (Å²) in [5, 5.41) is 0. The summed E-state index contributed by atoms with van der Waals surface area (Å²) in [6.07, 6.45) is 1.85. The summed E-state index contributed by atoms with van der Waals surface area (Å²) in [4.78, 5) is 31.4. The van der Waals surface area contributed by atoms with E-state index < -0.39 is 12.0 Å². The van der Waals surface area contributed by atoms with Gasteiger partial charge in [-0.25, -0.2) is 9.79 Å². The van der Waals surface area contributed by atoms with Crippen molar-refractivity contribution in [1.82, 2.24) is 4.57 Å². The normalized spacial score (nSPS) is 16.0. The largest absolute Gasteiger partial charge is 0.497 e. The molecule has 0 unspecified atom stereocenters. The van der Waals surface area contributed by atoms with Crippen LogP contribution in [0.5, 0.6) is 5.75 Å². The van der Waals surface area contributed by atoms with Gasteiger partial charge in [0.2, 0.25) is 0 Å². The molecule has 0 N–H and O–H groups in total. The Morgan fingerprint density at radius 2 is 1.87 bits per heavy atom. The Kier molecular flexibility index (Phi) is 5.86. The number of benzene rings is 2. The molecule has 6 nitrogen and oxygen atoms in total. The van der Waals surface area contributed by atoms with Crippen molar-refractivity contribution in [2.75, 3.05) is 13.7 Å². The standard InChI is InChI=1S/C24H22N2O4S/c1-4-30-23(28)20-15(2)25-24-26(21(20)17-10-12-18(29-3)13-11-17)22(27)19(31-24)14-16-8-6-5-7-9-16/h5-14,21H,4H2,1-3H3/b19-14-/t21-/m0/s1. The molecule has 0 aliphatic carbocycles. The molecule has 31 heavy (non-hydrogen) atoms. The van der Waals surface area contributed by atoms with Gasteiger partial charge in [0.25, 0.3) is 5.56 Å². The number of fused-ring (bicyclic) bond motifs is 1. The lowest BCUT2D eigenvalue weighted by Gasteiger charge is -2.24. The quantitative estimate of drug-likeness (QED) is 0.579. The van der Waals surface area contributed by atoms with Gasteiger partial charge in [0, 0.05) is 0 Å². The summed E-state index contributed by atoms with van der Waals surface area (Å²) in [6.45, 7) is 3.77. The van der Waals surface area contributed by atoms with Crippen molar-refractivity contribution >= 4 is 23.4 Å². The number of carbonyl (C=O) groups excluding carboxylic acids is 1. The van der Waals surface area contributed by atoms with E-state index in [1.807, 2.05) is 60.7 Å². The minimum atomic E-state index is -0.626. The van der Waals surface area contributed by atoms with E-state index in [-0.39, 0.29) is 12.2 Å². The van der Waals surface area contributed by atoms with Crippen LogP contribution in [0, 0.1) is 0 Å². The zero-order valence-electron chi connectivity index (χ0n) is 17.5. The fraction of sp³-hybridized carbons (Fsp3) is 0.208. The molecule has 0 amide bonds. The highest BCUT2D eigenvalue weighted by atomic mass is 32.1. The highest BCUT2D eigenvalue weighted by molar-refractivity contribution is 7.07. The van der Waals surface area contributed by atoms with Gasteiger partial charge >= 0.3 is 5.97 Å². The van der Waals surface area contributed by atoms with E-state index in [4.69, 9.17) is 9.47 Å². The van der Waals surface area contributed by atoms with E-state index >= 15 is 0 Å². The van der Waals surface area contributed by atoms with E-state index in [2.05, 4.69) is 4.99 Å². The number of methoxy groups -OCH3 is 1. The van der Waals surface area contributed by atoms with Crippen molar-refractivity contribution in [3.05, 3.63) is 96.7 Å². The molecule has 7 heteroatoms. The lowest BCUT2D eigenvalue weighted by atomic mass is 9.96. The van der Waals surface area contributed by atoms with E-state index in [9.17, 15) is 9.59 Å². The van der Waals surface area contributed by atoms with Crippen molar-refractivity contribution in [3.8, 4) is 5.75 Å². The first-order chi connectivity index (χ1) is 15.0. The number of nitrogens with zero attached hydrogens (tertiary/aromatic N) is 2. The third kappa shape index (κ3) is 3.96. The first-order valence-corrected chi connectivity index (χ1v) is 10.7. The molecule has 1 atom stereocenters. The van der Waals surface area contributed by atoms with Gasteiger partial charge in [0.15, 0.2) is 4.80 Å². The van der Waals surface area contributed by atoms with Crippen LogP contribution >= 0.6 is 11.3 Å². The zero-order valence-corrected chi connectivity index (χ0v) is 18.3. The molecule has 1 aromatic heterocycles. The fourth-order valence-electron chi connectivity index (χ4n) is 3.59. The molecule has 0 spiro atoms. The molecular formula is C24H22N2O4S. The summed E-state index contributed by atoms with van der Waals surface area (Å²) in [5.74, 6) is 0.223. The monoisotopic (exact) mass is 434 g/mol. The zero-order chi connectivity index (χ0) is 22.0. The van der Waals surface area contributed by atoms with Crippen LogP contribution in [-0.4, -0.2) is 24.3 Å². The summed E-state index contributed by atoms with van der Waals surface area (Å²) < 4.78 is 12.7. The Morgan fingerprint density at radius 3 is 2.52 bits per heavy atom. The van der Waals surface area contributed by atoms with E-state index in [1.54, 1.807) is 25.5 Å². The lowest BCUT2D eigenvalue weighted by Crippen LogP contribution is -2.39. The number of aromatic nitrogens is 1. The van der Waals surface area contributed by atoms with Gasteiger partial charge in [0.05, 0.1) is 35.6 Å². The smallest absolute Gasteiger partial charge is 0.338 e. The highest BCUT2D eigenvalue weighted by Crippen LogP contribution is 2.31. The fourth-order valence-corrected chi connectivity index (χ4v) is 4.64. The Bertz CT molecular complexity index is 1320. The predicted octanol–water partition coefficient (Wildman–Crippen LogP) is 2.81. The summed E-state index contributed by atoms with van der Waals surface area (Å²) in [5.41, 5.74) is 2.43. The van der Waals surface area contributed by atoms with Crippen molar-refractivity contribution in [3.63, 3.8) is 0 Å². The van der Waals surface area contributed by atoms with Crippen LogP contribution in [0.3, 0.4) is 0 Å².